The Hall–Kier alpha value is -3.00. The standard InChI is InChI=1S/C24H33N3O5/c1-18-6-4-8-22(19(18)2)32-17-23(28)26-10-12-27(13-11-26)24(29)25-20(9-15-30-3)16-21-7-5-14-31-21/h4-8,14,20H,9-13,15-17H2,1-3H3,(H,25,29). The number of carbonyl (C=O) groups is 2. The van der Waals surface area contributed by atoms with Crippen LogP contribution in [0.5, 0.6) is 5.75 Å². The average molecular weight is 444 g/mol. The highest BCUT2D eigenvalue weighted by Gasteiger charge is 2.26. The first-order chi connectivity index (χ1) is 15.5. The third-order valence-corrected chi connectivity index (χ3v) is 5.85. The van der Waals surface area contributed by atoms with Crippen molar-refractivity contribution in [3.05, 3.63) is 53.5 Å². The van der Waals surface area contributed by atoms with Crippen molar-refractivity contribution in [2.75, 3.05) is 46.5 Å². The number of carbonyl (C=O) groups excluding carboxylic acids is 2. The van der Waals surface area contributed by atoms with E-state index in [1.54, 1.807) is 23.2 Å². The monoisotopic (exact) mass is 443 g/mol. The van der Waals surface area contributed by atoms with Crippen molar-refractivity contribution in [2.24, 2.45) is 0 Å². The van der Waals surface area contributed by atoms with Gasteiger partial charge in [0, 0.05) is 52.4 Å². The van der Waals surface area contributed by atoms with E-state index in [-0.39, 0.29) is 24.6 Å². The molecule has 0 bridgehead atoms. The predicted molar refractivity (Wildman–Crippen MR) is 121 cm³/mol. The summed E-state index contributed by atoms with van der Waals surface area (Å²) in [6.45, 7) is 6.50. The predicted octanol–water partition coefficient (Wildman–Crippen LogP) is 2.78. The molecule has 2 heterocycles. The van der Waals surface area contributed by atoms with Crippen molar-refractivity contribution in [1.82, 2.24) is 15.1 Å². The van der Waals surface area contributed by atoms with E-state index in [4.69, 9.17) is 13.9 Å². The second kappa shape index (κ2) is 11.6. The van der Waals surface area contributed by atoms with Crippen molar-refractivity contribution >= 4 is 11.9 Å². The first-order valence-electron chi connectivity index (χ1n) is 11.0. The van der Waals surface area contributed by atoms with Gasteiger partial charge in [-0.25, -0.2) is 4.79 Å². The minimum Gasteiger partial charge on any atom is -0.483 e. The van der Waals surface area contributed by atoms with Crippen LogP contribution in [0.4, 0.5) is 4.79 Å². The molecule has 32 heavy (non-hydrogen) atoms. The summed E-state index contributed by atoms with van der Waals surface area (Å²) in [6, 6.07) is 9.34. The summed E-state index contributed by atoms with van der Waals surface area (Å²) in [6.07, 6.45) is 2.93. The fourth-order valence-corrected chi connectivity index (χ4v) is 3.69. The topological polar surface area (TPSA) is 84.3 Å². The number of ether oxygens (including phenoxy) is 2. The smallest absolute Gasteiger partial charge is 0.317 e. The van der Waals surface area contributed by atoms with Gasteiger partial charge in [0.15, 0.2) is 6.61 Å². The number of rotatable bonds is 9. The van der Waals surface area contributed by atoms with Gasteiger partial charge in [0.05, 0.1) is 6.26 Å². The lowest BCUT2D eigenvalue weighted by Gasteiger charge is -2.35. The number of aryl methyl sites for hydroxylation is 1. The molecule has 1 atom stereocenters. The quantitative estimate of drug-likeness (QED) is 0.644. The summed E-state index contributed by atoms with van der Waals surface area (Å²) in [5.74, 6) is 1.49. The Bertz CT molecular complexity index is 876. The first kappa shape index (κ1) is 23.7. The number of urea groups is 1. The van der Waals surface area contributed by atoms with Crippen LogP contribution in [0.25, 0.3) is 0 Å². The lowest BCUT2D eigenvalue weighted by Crippen LogP contribution is -2.55. The fraction of sp³-hybridized carbons (Fsp3) is 0.500. The van der Waals surface area contributed by atoms with Gasteiger partial charge in [0.25, 0.3) is 5.91 Å². The molecule has 2 aromatic rings. The molecular weight excluding hydrogens is 410 g/mol. The molecule has 1 fully saturated rings. The van der Waals surface area contributed by atoms with Crippen LogP contribution in [0.2, 0.25) is 0 Å². The van der Waals surface area contributed by atoms with Gasteiger partial charge >= 0.3 is 6.03 Å². The van der Waals surface area contributed by atoms with Crippen molar-refractivity contribution < 1.29 is 23.5 Å². The molecule has 0 spiro atoms. The number of amides is 3. The Morgan fingerprint density at radius 2 is 1.84 bits per heavy atom. The van der Waals surface area contributed by atoms with Gasteiger partial charge in [0.2, 0.25) is 0 Å². The molecule has 1 unspecified atom stereocenters. The Labute approximate surface area is 189 Å². The minimum absolute atomic E-state index is 0.00126. The third kappa shape index (κ3) is 6.50. The summed E-state index contributed by atoms with van der Waals surface area (Å²) in [5, 5.41) is 3.08. The van der Waals surface area contributed by atoms with E-state index < -0.39 is 0 Å². The van der Waals surface area contributed by atoms with Crippen LogP contribution in [-0.2, 0) is 16.0 Å². The molecule has 8 heteroatoms. The molecule has 1 aromatic carbocycles. The van der Waals surface area contributed by atoms with E-state index in [0.29, 0.717) is 45.6 Å². The Morgan fingerprint density at radius 1 is 1.09 bits per heavy atom. The molecule has 1 aliphatic heterocycles. The highest BCUT2D eigenvalue weighted by atomic mass is 16.5. The zero-order valence-corrected chi connectivity index (χ0v) is 19.1. The van der Waals surface area contributed by atoms with Gasteiger partial charge < -0.3 is 29.0 Å². The number of methoxy groups -OCH3 is 1. The molecule has 8 nitrogen and oxygen atoms in total. The van der Waals surface area contributed by atoms with E-state index in [1.807, 2.05) is 44.2 Å². The van der Waals surface area contributed by atoms with E-state index in [1.165, 1.54) is 0 Å². The van der Waals surface area contributed by atoms with Gasteiger partial charge in [0.1, 0.15) is 11.5 Å². The Kier molecular flexibility index (Phi) is 8.56. The second-order valence-electron chi connectivity index (χ2n) is 8.07. The van der Waals surface area contributed by atoms with Crippen molar-refractivity contribution in [1.29, 1.82) is 0 Å². The van der Waals surface area contributed by atoms with Crippen molar-refractivity contribution in [3.63, 3.8) is 0 Å². The second-order valence-corrected chi connectivity index (χ2v) is 8.07. The molecule has 0 saturated carbocycles. The van der Waals surface area contributed by atoms with Gasteiger partial charge in [-0.1, -0.05) is 12.1 Å². The Morgan fingerprint density at radius 3 is 2.53 bits per heavy atom. The first-order valence-corrected chi connectivity index (χ1v) is 11.0. The van der Waals surface area contributed by atoms with Gasteiger partial charge in [-0.15, -0.1) is 0 Å². The molecule has 3 rings (SSSR count). The average Bonchev–Trinajstić information content (AvgIpc) is 3.31. The maximum atomic E-state index is 12.8. The van der Waals surface area contributed by atoms with Crippen LogP contribution in [0.1, 0.15) is 23.3 Å². The number of furan rings is 1. The maximum absolute atomic E-state index is 12.8. The van der Waals surface area contributed by atoms with Crippen molar-refractivity contribution in [3.8, 4) is 5.75 Å². The molecular formula is C24H33N3O5. The fourth-order valence-electron chi connectivity index (χ4n) is 3.69. The summed E-state index contributed by atoms with van der Waals surface area (Å²) in [5.41, 5.74) is 2.17. The lowest BCUT2D eigenvalue weighted by molar-refractivity contribution is -0.134. The zero-order chi connectivity index (χ0) is 22.9. The number of nitrogens with zero attached hydrogens (tertiary/aromatic N) is 2. The number of piperazine rings is 1. The highest BCUT2D eigenvalue weighted by Crippen LogP contribution is 2.20. The SMILES string of the molecule is COCCC(Cc1ccco1)NC(=O)N1CCN(C(=O)COc2cccc(C)c2C)CC1. The number of benzene rings is 1. The van der Waals surface area contributed by atoms with E-state index in [9.17, 15) is 9.59 Å². The van der Waals surface area contributed by atoms with Crippen LogP contribution >= 0.6 is 0 Å². The zero-order valence-electron chi connectivity index (χ0n) is 19.1. The van der Waals surface area contributed by atoms with Crippen molar-refractivity contribution in [2.45, 2.75) is 32.7 Å². The number of hydrogen-bond acceptors (Lipinski definition) is 5. The number of hydrogen-bond donors (Lipinski definition) is 1. The highest BCUT2D eigenvalue weighted by molar-refractivity contribution is 5.79. The van der Waals surface area contributed by atoms with Crippen LogP contribution in [0, 0.1) is 13.8 Å². The summed E-state index contributed by atoms with van der Waals surface area (Å²) < 4.78 is 16.3. The molecule has 1 aromatic heterocycles. The largest absolute Gasteiger partial charge is 0.483 e. The maximum Gasteiger partial charge on any atom is 0.317 e. The van der Waals surface area contributed by atoms with E-state index in [2.05, 4.69) is 5.32 Å². The summed E-state index contributed by atoms with van der Waals surface area (Å²) >= 11 is 0. The normalized spacial score (nSPS) is 14.8. The molecule has 1 aliphatic rings. The van der Waals surface area contributed by atoms with Crippen LogP contribution in [0.15, 0.2) is 41.0 Å². The molecule has 1 saturated heterocycles. The summed E-state index contributed by atoms with van der Waals surface area (Å²) in [4.78, 5) is 28.8. The van der Waals surface area contributed by atoms with Gasteiger partial charge in [-0.2, -0.15) is 0 Å². The molecule has 0 aliphatic carbocycles. The van der Waals surface area contributed by atoms with E-state index >= 15 is 0 Å². The molecule has 174 valence electrons. The van der Waals surface area contributed by atoms with E-state index in [0.717, 1.165) is 22.6 Å². The number of nitrogens with one attached hydrogen (secondary N) is 1. The van der Waals surface area contributed by atoms with Crippen LogP contribution < -0.4 is 10.1 Å². The Balaban J connectivity index is 1.45. The molecule has 0 radical (unpaired) electrons. The lowest BCUT2D eigenvalue weighted by atomic mass is 10.1. The van der Waals surface area contributed by atoms with Gasteiger partial charge in [-0.05, 0) is 49.6 Å². The minimum atomic E-state index is -0.128. The molecule has 1 N–H and O–H groups in total. The van der Waals surface area contributed by atoms with Crippen LogP contribution in [0.3, 0.4) is 0 Å². The van der Waals surface area contributed by atoms with Gasteiger partial charge in [-0.3, -0.25) is 4.79 Å². The third-order valence-electron chi connectivity index (χ3n) is 5.85. The van der Waals surface area contributed by atoms with Crippen LogP contribution in [-0.4, -0.2) is 74.3 Å². The molecule has 3 amide bonds. The summed E-state index contributed by atoms with van der Waals surface area (Å²) in [7, 11) is 1.64.